The van der Waals surface area contributed by atoms with E-state index in [9.17, 15) is 24.3 Å². The van der Waals surface area contributed by atoms with Crippen molar-refractivity contribution >= 4 is 40.9 Å². The van der Waals surface area contributed by atoms with Crippen LogP contribution in [0.3, 0.4) is 0 Å². The number of aryl methyl sites for hydroxylation is 1. The summed E-state index contributed by atoms with van der Waals surface area (Å²) in [5.41, 5.74) is 4.74. The first-order valence-electron chi connectivity index (χ1n) is 15.5. The summed E-state index contributed by atoms with van der Waals surface area (Å²) in [4.78, 5) is 57.8. The molecule has 2 aliphatic rings. The molecule has 0 aromatic heterocycles. The third-order valence-electron chi connectivity index (χ3n) is 8.88. The lowest BCUT2D eigenvalue weighted by molar-refractivity contribution is -0.142. The van der Waals surface area contributed by atoms with Crippen molar-refractivity contribution in [2.24, 2.45) is 5.92 Å². The number of para-hydroxylation sites is 1. The Hall–Kier alpha value is -4.74. The van der Waals surface area contributed by atoms with E-state index in [1.807, 2.05) is 72.5 Å². The van der Waals surface area contributed by atoms with E-state index < -0.39 is 11.9 Å². The maximum Gasteiger partial charge on any atom is 0.326 e. The van der Waals surface area contributed by atoms with E-state index in [4.69, 9.17) is 4.74 Å². The van der Waals surface area contributed by atoms with E-state index in [-0.39, 0.29) is 43.3 Å². The molecular formula is C35H41N5O6. The van der Waals surface area contributed by atoms with Gasteiger partial charge in [0.1, 0.15) is 0 Å². The molecule has 2 N–H and O–H groups in total. The van der Waals surface area contributed by atoms with E-state index >= 15 is 0 Å². The number of urea groups is 1. The van der Waals surface area contributed by atoms with Crippen LogP contribution < -0.4 is 15.1 Å². The quantitative estimate of drug-likeness (QED) is 0.370. The number of nitrogens with zero attached hydrogens (tertiary/aromatic N) is 4. The number of likely N-dealkylation sites (tertiary alicyclic amines) is 1. The molecule has 3 aromatic carbocycles. The highest BCUT2D eigenvalue weighted by Crippen LogP contribution is 2.34. The van der Waals surface area contributed by atoms with Crippen LogP contribution in [0.15, 0.2) is 72.8 Å². The predicted molar refractivity (Wildman–Crippen MR) is 176 cm³/mol. The normalized spacial score (nSPS) is 18.2. The molecule has 2 aliphatic heterocycles. The van der Waals surface area contributed by atoms with Gasteiger partial charge in [0.25, 0.3) is 0 Å². The summed E-state index contributed by atoms with van der Waals surface area (Å²) in [6, 6.07) is 21.9. The number of nitrogens with one attached hydrogen (secondary N) is 1. The van der Waals surface area contributed by atoms with Crippen molar-refractivity contribution in [1.29, 1.82) is 0 Å². The molecule has 2 heterocycles. The van der Waals surface area contributed by atoms with Crippen LogP contribution in [-0.4, -0.2) is 98.8 Å². The molecule has 242 valence electrons. The summed E-state index contributed by atoms with van der Waals surface area (Å²) in [6.07, 6.45) is 0.166. The van der Waals surface area contributed by atoms with E-state index in [1.165, 1.54) is 0 Å². The van der Waals surface area contributed by atoms with Gasteiger partial charge in [0.05, 0.1) is 32.1 Å². The third kappa shape index (κ3) is 7.72. The zero-order valence-electron chi connectivity index (χ0n) is 26.5. The van der Waals surface area contributed by atoms with Crippen molar-refractivity contribution in [2.45, 2.75) is 19.3 Å². The Balaban J connectivity index is 1.16. The highest BCUT2D eigenvalue weighted by atomic mass is 16.5. The van der Waals surface area contributed by atoms with Crippen molar-refractivity contribution in [2.75, 3.05) is 75.1 Å². The molecule has 5 rings (SSSR count). The fourth-order valence-corrected chi connectivity index (χ4v) is 5.99. The lowest BCUT2D eigenvalue weighted by Gasteiger charge is -2.28. The number of carboxylic acid groups (broad SMARTS) is 1. The molecule has 3 aromatic rings. The fraction of sp³-hybridized carbons (Fsp3) is 0.371. The summed E-state index contributed by atoms with van der Waals surface area (Å²) in [7, 11) is 3.42. The van der Waals surface area contributed by atoms with Crippen LogP contribution in [0.1, 0.15) is 22.6 Å². The molecule has 0 bridgehead atoms. The summed E-state index contributed by atoms with van der Waals surface area (Å²) in [5.74, 6) is -2.14. The fourth-order valence-electron chi connectivity index (χ4n) is 5.99. The molecule has 0 spiro atoms. The van der Waals surface area contributed by atoms with Gasteiger partial charge in [-0.3, -0.25) is 24.2 Å². The first kappa shape index (κ1) is 32.6. The van der Waals surface area contributed by atoms with Crippen molar-refractivity contribution in [3.05, 3.63) is 89.5 Å². The van der Waals surface area contributed by atoms with Crippen LogP contribution in [0, 0.1) is 12.8 Å². The maximum atomic E-state index is 13.1. The van der Waals surface area contributed by atoms with Crippen molar-refractivity contribution in [3.63, 3.8) is 0 Å². The summed E-state index contributed by atoms with van der Waals surface area (Å²) < 4.78 is 5.36. The number of morpholine rings is 1. The molecule has 2 saturated heterocycles. The Bertz CT molecular complexity index is 1550. The lowest BCUT2D eigenvalue weighted by Crippen LogP contribution is -2.44. The average Bonchev–Trinajstić information content (AvgIpc) is 3.52. The minimum Gasteiger partial charge on any atom is -0.481 e. The van der Waals surface area contributed by atoms with Gasteiger partial charge in [0.2, 0.25) is 11.8 Å². The maximum absolute atomic E-state index is 13.1. The Kier molecular flexibility index (Phi) is 10.3. The average molecular weight is 628 g/mol. The van der Waals surface area contributed by atoms with Gasteiger partial charge < -0.3 is 25.0 Å². The number of carboxylic acids is 1. The number of likely N-dealkylation sites (N-methyl/N-ethyl adjacent to an activating group) is 1. The van der Waals surface area contributed by atoms with Crippen LogP contribution >= 0.6 is 0 Å². The van der Waals surface area contributed by atoms with E-state index in [1.54, 1.807) is 40.9 Å². The zero-order chi connectivity index (χ0) is 32.8. The van der Waals surface area contributed by atoms with Gasteiger partial charge in [-0.1, -0.05) is 42.5 Å². The SMILES string of the molecule is Cc1ccccc1N(C)C(=O)Nc1ccc(CC(=O)N(C)c2ccc(C3CN(C(=O)CN4CCOCC4)CC3C(=O)O)cc2)cc1. The number of rotatable bonds is 9. The lowest BCUT2D eigenvalue weighted by atomic mass is 9.89. The van der Waals surface area contributed by atoms with E-state index in [0.717, 1.165) is 22.4 Å². The summed E-state index contributed by atoms with van der Waals surface area (Å²) in [5, 5.41) is 12.8. The Morgan fingerprint density at radius 2 is 1.57 bits per heavy atom. The summed E-state index contributed by atoms with van der Waals surface area (Å²) in [6.45, 7) is 5.29. The topological polar surface area (TPSA) is 123 Å². The van der Waals surface area contributed by atoms with Crippen molar-refractivity contribution in [3.8, 4) is 0 Å². The van der Waals surface area contributed by atoms with Crippen LogP contribution in [-0.2, 0) is 25.5 Å². The molecule has 2 fully saturated rings. The molecule has 4 amide bonds. The molecule has 0 aliphatic carbocycles. The van der Waals surface area contributed by atoms with Gasteiger partial charge in [-0.05, 0) is 53.9 Å². The van der Waals surface area contributed by atoms with E-state index in [2.05, 4.69) is 5.32 Å². The Morgan fingerprint density at radius 1 is 0.891 bits per heavy atom. The second-order valence-electron chi connectivity index (χ2n) is 11.9. The largest absolute Gasteiger partial charge is 0.481 e. The predicted octanol–water partition coefficient (Wildman–Crippen LogP) is 3.83. The monoisotopic (exact) mass is 627 g/mol. The number of aliphatic carboxylic acids is 1. The molecule has 0 radical (unpaired) electrons. The van der Waals surface area contributed by atoms with Crippen LogP contribution in [0.25, 0.3) is 0 Å². The standard InChI is InChI=1S/C35H41N5O6/c1-24-6-4-5-7-31(24)38(3)35(45)36-27-12-8-25(9-13-27)20-32(41)37(2)28-14-10-26(11-15-28)29-21-40(22-30(29)34(43)44)33(42)23-39-16-18-46-19-17-39/h4-15,29-30H,16-23H2,1-3H3,(H,36,45)(H,43,44). The summed E-state index contributed by atoms with van der Waals surface area (Å²) >= 11 is 0. The van der Waals surface area contributed by atoms with E-state index in [0.29, 0.717) is 44.2 Å². The number of carbonyl (C=O) groups is 4. The molecular weight excluding hydrogens is 586 g/mol. The number of amides is 4. The van der Waals surface area contributed by atoms with Crippen molar-refractivity contribution < 1.29 is 29.0 Å². The number of carbonyl (C=O) groups excluding carboxylic acids is 3. The smallest absolute Gasteiger partial charge is 0.326 e. The third-order valence-corrected chi connectivity index (χ3v) is 8.88. The minimum absolute atomic E-state index is 0.0670. The van der Waals surface area contributed by atoms with Gasteiger partial charge in [0, 0.05) is 63.3 Å². The minimum atomic E-state index is -0.924. The van der Waals surface area contributed by atoms with Gasteiger partial charge >= 0.3 is 12.0 Å². The first-order chi connectivity index (χ1) is 22.1. The Morgan fingerprint density at radius 3 is 2.22 bits per heavy atom. The molecule has 0 saturated carbocycles. The number of benzene rings is 3. The second-order valence-corrected chi connectivity index (χ2v) is 11.9. The zero-order valence-corrected chi connectivity index (χ0v) is 26.5. The van der Waals surface area contributed by atoms with Gasteiger partial charge in [-0.25, -0.2) is 4.79 Å². The van der Waals surface area contributed by atoms with Gasteiger partial charge in [-0.15, -0.1) is 0 Å². The van der Waals surface area contributed by atoms with Crippen LogP contribution in [0.2, 0.25) is 0 Å². The van der Waals surface area contributed by atoms with Crippen LogP contribution in [0.5, 0.6) is 0 Å². The number of anilines is 3. The highest BCUT2D eigenvalue weighted by Gasteiger charge is 2.40. The second kappa shape index (κ2) is 14.6. The molecule has 46 heavy (non-hydrogen) atoms. The van der Waals surface area contributed by atoms with Gasteiger partial charge in [-0.2, -0.15) is 0 Å². The Labute approximate surface area is 269 Å². The number of hydrogen-bond donors (Lipinski definition) is 2. The number of ether oxygens (including phenoxy) is 1. The molecule has 2 unspecified atom stereocenters. The molecule has 11 heteroatoms. The molecule has 2 atom stereocenters. The van der Waals surface area contributed by atoms with Crippen molar-refractivity contribution in [1.82, 2.24) is 9.80 Å². The molecule has 11 nitrogen and oxygen atoms in total. The number of hydrogen-bond acceptors (Lipinski definition) is 6. The van der Waals surface area contributed by atoms with Gasteiger partial charge in [0.15, 0.2) is 0 Å². The van der Waals surface area contributed by atoms with Crippen LogP contribution in [0.4, 0.5) is 21.9 Å². The first-order valence-corrected chi connectivity index (χ1v) is 15.5. The highest BCUT2D eigenvalue weighted by molar-refractivity contribution is 6.02.